The van der Waals surface area contributed by atoms with Crippen molar-refractivity contribution in [2.24, 2.45) is 0 Å². The van der Waals surface area contributed by atoms with Gasteiger partial charge in [0.25, 0.3) is 17.7 Å². The fourth-order valence-electron chi connectivity index (χ4n) is 2.36. The SMILES string of the molecule is COCCNC(=O)c1ccc(N2C(=O)c3cnncc3C2=O)cc1. The van der Waals surface area contributed by atoms with Crippen LogP contribution in [-0.2, 0) is 4.74 Å². The van der Waals surface area contributed by atoms with E-state index in [4.69, 9.17) is 4.74 Å². The number of nitrogens with zero attached hydrogens (tertiary/aromatic N) is 3. The second-order valence-electron chi connectivity index (χ2n) is 5.06. The second-order valence-corrected chi connectivity index (χ2v) is 5.06. The van der Waals surface area contributed by atoms with Crippen LogP contribution >= 0.6 is 0 Å². The number of anilines is 1. The number of methoxy groups -OCH3 is 1. The predicted molar refractivity (Wildman–Crippen MR) is 83.8 cm³/mol. The number of hydrogen-bond acceptors (Lipinski definition) is 6. The van der Waals surface area contributed by atoms with Crippen LogP contribution in [-0.4, -0.2) is 48.2 Å². The molecule has 0 saturated heterocycles. The number of aromatic nitrogens is 2. The molecule has 0 fully saturated rings. The summed E-state index contributed by atoms with van der Waals surface area (Å²) in [5, 5.41) is 9.95. The van der Waals surface area contributed by atoms with Crippen LogP contribution in [0, 0.1) is 0 Å². The van der Waals surface area contributed by atoms with Crippen LogP contribution in [0.4, 0.5) is 5.69 Å². The molecule has 24 heavy (non-hydrogen) atoms. The van der Waals surface area contributed by atoms with E-state index >= 15 is 0 Å². The van der Waals surface area contributed by atoms with Gasteiger partial charge in [-0.3, -0.25) is 14.4 Å². The Kier molecular flexibility index (Phi) is 4.30. The van der Waals surface area contributed by atoms with Crippen molar-refractivity contribution in [3.8, 4) is 0 Å². The van der Waals surface area contributed by atoms with Gasteiger partial charge in [0.05, 0.1) is 35.8 Å². The molecule has 0 aliphatic carbocycles. The van der Waals surface area contributed by atoms with Gasteiger partial charge in [-0.2, -0.15) is 10.2 Å². The number of fused-ring (bicyclic) bond motifs is 1. The van der Waals surface area contributed by atoms with E-state index in [0.29, 0.717) is 24.4 Å². The molecule has 0 bridgehead atoms. The summed E-state index contributed by atoms with van der Waals surface area (Å²) in [6, 6.07) is 6.20. The highest BCUT2D eigenvalue weighted by atomic mass is 16.5. The van der Waals surface area contributed by atoms with Crippen molar-refractivity contribution in [2.45, 2.75) is 0 Å². The molecule has 1 N–H and O–H groups in total. The van der Waals surface area contributed by atoms with Gasteiger partial charge in [0.2, 0.25) is 0 Å². The molecule has 3 rings (SSSR count). The van der Waals surface area contributed by atoms with Crippen molar-refractivity contribution >= 4 is 23.4 Å². The Morgan fingerprint density at radius 1 is 1.08 bits per heavy atom. The maximum Gasteiger partial charge on any atom is 0.267 e. The first-order valence-electron chi connectivity index (χ1n) is 7.20. The summed E-state index contributed by atoms with van der Waals surface area (Å²) in [6.45, 7) is 0.816. The van der Waals surface area contributed by atoms with E-state index in [1.165, 1.54) is 12.4 Å². The minimum atomic E-state index is -0.456. The van der Waals surface area contributed by atoms with Crippen molar-refractivity contribution in [2.75, 3.05) is 25.2 Å². The molecule has 3 amide bonds. The average molecular weight is 326 g/mol. The van der Waals surface area contributed by atoms with Gasteiger partial charge in [-0.15, -0.1) is 0 Å². The summed E-state index contributed by atoms with van der Waals surface area (Å²) in [7, 11) is 1.55. The Morgan fingerprint density at radius 3 is 2.21 bits per heavy atom. The number of hydrogen-bond donors (Lipinski definition) is 1. The van der Waals surface area contributed by atoms with Crippen molar-refractivity contribution in [1.29, 1.82) is 0 Å². The molecule has 0 spiro atoms. The maximum atomic E-state index is 12.3. The molecule has 0 saturated carbocycles. The summed E-state index contributed by atoms with van der Waals surface area (Å²) in [6.07, 6.45) is 2.54. The first kappa shape index (κ1) is 15.8. The fraction of sp³-hybridized carbons (Fsp3) is 0.188. The highest BCUT2D eigenvalue weighted by Gasteiger charge is 2.37. The zero-order chi connectivity index (χ0) is 17.1. The predicted octanol–water partition coefficient (Wildman–Crippen LogP) is 0.653. The zero-order valence-electron chi connectivity index (χ0n) is 12.9. The Balaban J connectivity index is 1.79. The molecule has 8 nitrogen and oxygen atoms in total. The van der Waals surface area contributed by atoms with E-state index in [2.05, 4.69) is 15.5 Å². The quantitative estimate of drug-likeness (QED) is 0.639. The molecule has 0 atom stereocenters. The third-order valence-electron chi connectivity index (χ3n) is 3.58. The van der Waals surface area contributed by atoms with Gasteiger partial charge >= 0.3 is 0 Å². The lowest BCUT2D eigenvalue weighted by Crippen LogP contribution is -2.30. The number of imide groups is 1. The van der Waals surface area contributed by atoms with Gasteiger partial charge in [-0.05, 0) is 24.3 Å². The normalized spacial score (nSPS) is 13.1. The standard InChI is InChI=1S/C16H14N4O4/c1-24-7-6-17-14(21)10-2-4-11(5-3-10)20-15(22)12-8-18-19-9-13(12)16(20)23/h2-5,8-9H,6-7H2,1H3,(H,17,21). The molecule has 1 aliphatic rings. The number of ether oxygens (including phenoxy) is 1. The van der Waals surface area contributed by atoms with Gasteiger partial charge in [0, 0.05) is 19.2 Å². The molecule has 0 radical (unpaired) electrons. The largest absolute Gasteiger partial charge is 0.383 e. The monoisotopic (exact) mass is 326 g/mol. The highest BCUT2D eigenvalue weighted by Crippen LogP contribution is 2.27. The first-order valence-corrected chi connectivity index (χ1v) is 7.20. The number of benzene rings is 1. The molecular formula is C16H14N4O4. The summed E-state index contributed by atoms with van der Waals surface area (Å²) >= 11 is 0. The van der Waals surface area contributed by atoms with Crippen LogP contribution < -0.4 is 10.2 Å². The number of rotatable bonds is 5. The van der Waals surface area contributed by atoms with Gasteiger partial charge in [-0.25, -0.2) is 4.90 Å². The van der Waals surface area contributed by atoms with Crippen molar-refractivity contribution in [3.05, 3.63) is 53.3 Å². The third kappa shape index (κ3) is 2.74. The Hall–Kier alpha value is -3.13. The van der Waals surface area contributed by atoms with Crippen LogP contribution in [0.15, 0.2) is 36.7 Å². The van der Waals surface area contributed by atoms with E-state index in [1.54, 1.807) is 31.4 Å². The van der Waals surface area contributed by atoms with Crippen LogP contribution in [0.3, 0.4) is 0 Å². The lowest BCUT2D eigenvalue weighted by molar-refractivity contribution is 0.0921. The Morgan fingerprint density at radius 2 is 1.67 bits per heavy atom. The van der Waals surface area contributed by atoms with Gasteiger partial charge < -0.3 is 10.1 Å². The lowest BCUT2D eigenvalue weighted by atomic mass is 10.2. The molecule has 2 aromatic rings. The Labute approximate surface area is 137 Å². The summed E-state index contributed by atoms with van der Waals surface area (Å²) in [5.74, 6) is -1.17. The molecule has 0 unspecified atom stereocenters. The molecule has 1 aromatic heterocycles. The molecular weight excluding hydrogens is 312 g/mol. The lowest BCUT2D eigenvalue weighted by Gasteiger charge is -2.14. The average Bonchev–Trinajstić information content (AvgIpc) is 2.87. The van der Waals surface area contributed by atoms with Crippen molar-refractivity contribution in [3.63, 3.8) is 0 Å². The van der Waals surface area contributed by atoms with E-state index in [9.17, 15) is 14.4 Å². The molecule has 2 heterocycles. The molecule has 122 valence electrons. The van der Waals surface area contributed by atoms with Gasteiger partial charge in [0.1, 0.15) is 0 Å². The number of amides is 3. The number of nitrogens with one attached hydrogen (secondary N) is 1. The summed E-state index contributed by atoms with van der Waals surface area (Å²) in [5.41, 5.74) is 1.25. The van der Waals surface area contributed by atoms with Gasteiger partial charge in [-0.1, -0.05) is 0 Å². The number of carbonyl (C=O) groups excluding carboxylic acids is 3. The molecule has 1 aliphatic heterocycles. The van der Waals surface area contributed by atoms with E-state index in [1.807, 2.05) is 0 Å². The van der Waals surface area contributed by atoms with E-state index < -0.39 is 11.8 Å². The summed E-state index contributed by atoms with van der Waals surface area (Å²) in [4.78, 5) is 37.7. The Bertz CT molecular complexity index is 769. The van der Waals surface area contributed by atoms with E-state index in [0.717, 1.165) is 4.90 Å². The van der Waals surface area contributed by atoms with E-state index in [-0.39, 0.29) is 17.0 Å². The smallest absolute Gasteiger partial charge is 0.267 e. The topological polar surface area (TPSA) is 101 Å². The number of carbonyl (C=O) groups is 3. The third-order valence-corrected chi connectivity index (χ3v) is 3.58. The molecule has 1 aromatic carbocycles. The van der Waals surface area contributed by atoms with Crippen molar-refractivity contribution < 1.29 is 19.1 Å². The second kappa shape index (κ2) is 6.55. The first-order chi connectivity index (χ1) is 11.6. The highest BCUT2D eigenvalue weighted by molar-refractivity contribution is 6.34. The van der Waals surface area contributed by atoms with Crippen molar-refractivity contribution in [1.82, 2.24) is 15.5 Å². The van der Waals surface area contributed by atoms with Crippen LogP contribution in [0.2, 0.25) is 0 Å². The summed E-state index contributed by atoms with van der Waals surface area (Å²) < 4.78 is 4.86. The fourth-order valence-corrected chi connectivity index (χ4v) is 2.36. The maximum absolute atomic E-state index is 12.3. The van der Waals surface area contributed by atoms with Crippen LogP contribution in [0.5, 0.6) is 0 Å². The zero-order valence-corrected chi connectivity index (χ0v) is 12.9. The molecule has 8 heteroatoms. The van der Waals surface area contributed by atoms with Crippen LogP contribution in [0.1, 0.15) is 31.1 Å². The minimum absolute atomic E-state index is 0.219. The van der Waals surface area contributed by atoms with Gasteiger partial charge in [0.15, 0.2) is 0 Å². The minimum Gasteiger partial charge on any atom is -0.383 e. The van der Waals surface area contributed by atoms with Crippen LogP contribution in [0.25, 0.3) is 0 Å².